The number of anilines is 1. The summed E-state index contributed by atoms with van der Waals surface area (Å²) in [5.41, 5.74) is 9.40. The Balaban J connectivity index is 1.61. The van der Waals surface area contributed by atoms with E-state index in [4.69, 9.17) is 15.2 Å². The molecule has 0 spiro atoms. The number of carboxylic acid groups (broad SMARTS) is 1. The highest BCUT2D eigenvalue weighted by molar-refractivity contribution is 7.99. The van der Waals surface area contributed by atoms with Crippen molar-refractivity contribution in [2.45, 2.75) is 37.1 Å². The molecule has 1 aromatic heterocycles. The Labute approximate surface area is 196 Å². The fourth-order valence-electron chi connectivity index (χ4n) is 3.85. The minimum atomic E-state index is -1.01. The molecule has 33 heavy (non-hydrogen) atoms. The number of benzene rings is 2. The van der Waals surface area contributed by atoms with Gasteiger partial charge in [0, 0.05) is 29.1 Å². The Morgan fingerprint density at radius 3 is 2.58 bits per heavy atom. The molecule has 0 aliphatic carbocycles. The van der Waals surface area contributed by atoms with Gasteiger partial charge in [-0.25, -0.2) is 9.78 Å². The maximum atomic E-state index is 11.6. The summed E-state index contributed by atoms with van der Waals surface area (Å²) in [6.07, 6.45) is 0.470. The molecule has 4 N–H and O–H groups in total. The molecule has 0 amide bonds. The highest BCUT2D eigenvalue weighted by Crippen LogP contribution is 2.43. The van der Waals surface area contributed by atoms with E-state index in [1.165, 1.54) is 11.8 Å². The lowest BCUT2D eigenvalue weighted by molar-refractivity contribution is -0.268. The highest BCUT2D eigenvalue weighted by Gasteiger charge is 2.38. The van der Waals surface area contributed by atoms with Gasteiger partial charge in [-0.1, -0.05) is 43.3 Å². The number of nitrogens with zero attached hydrogens (tertiary/aromatic N) is 1. The molecule has 2 aromatic carbocycles. The van der Waals surface area contributed by atoms with Crippen LogP contribution in [0.1, 0.15) is 46.4 Å². The number of nitrogens with two attached hydrogens (primary N) is 1. The number of ether oxygens (including phenoxy) is 2. The van der Waals surface area contributed by atoms with Gasteiger partial charge in [0.05, 0.1) is 24.4 Å². The topological polar surface area (TPSA) is 115 Å². The van der Waals surface area contributed by atoms with E-state index in [-0.39, 0.29) is 30.3 Å². The van der Waals surface area contributed by atoms with E-state index in [2.05, 4.69) is 11.9 Å². The van der Waals surface area contributed by atoms with Gasteiger partial charge in [0.1, 0.15) is 5.03 Å². The van der Waals surface area contributed by atoms with Crippen molar-refractivity contribution in [3.05, 3.63) is 89.1 Å². The normalized spacial score (nSPS) is 22.7. The summed E-state index contributed by atoms with van der Waals surface area (Å²) in [5.74, 6) is -0.524. The first-order chi connectivity index (χ1) is 16.0. The van der Waals surface area contributed by atoms with Gasteiger partial charge in [-0.15, -0.1) is 11.8 Å². The molecule has 172 valence electrons. The number of aromatic nitrogens is 1. The quantitative estimate of drug-likeness (QED) is 0.346. The van der Waals surface area contributed by atoms with Crippen LogP contribution in [-0.4, -0.2) is 33.0 Å². The van der Waals surface area contributed by atoms with Crippen molar-refractivity contribution in [2.75, 3.05) is 11.5 Å². The first kappa shape index (κ1) is 23.3. The molecule has 1 saturated heterocycles. The van der Waals surface area contributed by atoms with Gasteiger partial charge in [0.25, 0.3) is 0 Å². The zero-order chi connectivity index (χ0) is 23.4. The average molecular weight is 467 g/mol. The van der Waals surface area contributed by atoms with Crippen LogP contribution < -0.4 is 5.73 Å². The van der Waals surface area contributed by atoms with Crippen LogP contribution in [0.5, 0.6) is 0 Å². The number of hydrogen-bond donors (Lipinski definition) is 3. The monoisotopic (exact) mass is 466 g/mol. The SMILES string of the molecule is CC1C(CSc2ncccc2C(=O)O)OC(c2cccc(N)c2)OC1c1ccc(CO)cc1. The first-order valence-corrected chi connectivity index (χ1v) is 11.6. The zero-order valence-electron chi connectivity index (χ0n) is 18.1. The van der Waals surface area contributed by atoms with Crippen LogP contribution in [0.2, 0.25) is 0 Å². The van der Waals surface area contributed by atoms with Crippen molar-refractivity contribution in [3.8, 4) is 0 Å². The molecule has 4 atom stereocenters. The number of aromatic carboxylic acids is 1. The van der Waals surface area contributed by atoms with E-state index in [0.717, 1.165) is 16.7 Å². The molecule has 4 unspecified atom stereocenters. The van der Waals surface area contributed by atoms with E-state index >= 15 is 0 Å². The second kappa shape index (κ2) is 10.4. The number of rotatable bonds is 7. The van der Waals surface area contributed by atoms with Gasteiger partial charge >= 0.3 is 5.97 Å². The lowest BCUT2D eigenvalue weighted by Gasteiger charge is -2.41. The van der Waals surface area contributed by atoms with Crippen molar-refractivity contribution >= 4 is 23.4 Å². The molecule has 0 radical (unpaired) electrons. The van der Waals surface area contributed by atoms with Crippen molar-refractivity contribution in [2.24, 2.45) is 5.92 Å². The maximum Gasteiger partial charge on any atom is 0.338 e. The van der Waals surface area contributed by atoms with Gasteiger partial charge in [-0.3, -0.25) is 0 Å². The largest absolute Gasteiger partial charge is 0.478 e. The highest BCUT2D eigenvalue weighted by atomic mass is 32.2. The molecule has 8 heteroatoms. The summed E-state index contributed by atoms with van der Waals surface area (Å²) in [5, 5.41) is 19.3. The van der Waals surface area contributed by atoms with Gasteiger partial charge in [-0.2, -0.15) is 0 Å². The predicted molar refractivity (Wildman–Crippen MR) is 126 cm³/mol. The number of carbonyl (C=O) groups is 1. The van der Waals surface area contributed by atoms with Crippen LogP contribution in [0, 0.1) is 5.92 Å². The Bertz CT molecular complexity index is 1110. The lowest BCUT2D eigenvalue weighted by Crippen LogP contribution is -2.38. The van der Waals surface area contributed by atoms with Gasteiger partial charge < -0.3 is 25.4 Å². The van der Waals surface area contributed by atoms with Crippen LogP contribution in [0.3, 0.4) is 0 Å². The molecule has 0 bridgehead atoms. The summed E-state index contributed by atoms with van der Waals surface area (Å²) < 4.78 is 12.7. The first-order valence-electron chi connectivity index (χ1n) is 10.6. The van der Waals surface area contributed by atoms with Crippen molar-refractivity contribution in [1.82, 2.24) is 4.98 Å². The van der Waals surface area contributed by atoms with E-state index in [1.54, 1.807) is 18.3 Å². The standard InChI is InChI=1S/C25H26N2O5S/c1-15-21(14-33-23-20(24(29)30)6-3-11-27-23)31-25(18-4-2-5-19(26)12-18)32-22(15)17-9-7-16(13-28)8-10-17/h2-12,15,21-22,25,28H,13-14,26H2,1H3,(H,29,30). The third kappa shape index (κ3) is 5.36. The molecular weight excluding hydrogens is 440 g/mol. The molecule has 1 fully saturated rings. The van der Waals surface area contributed by atoms with E-state index in [1.807, 2.05) is 48.5 Å². The van der Waals surface area contributed by atoms with Crippen molar-refractivity contribution in [3.63, 3.8) is 0 Å². The average Bonchev–Trinajstić information content (AvgIpc) is 2.83. The molecule has 7 nitrogen and oxygen atoms in total. The van der Waals surface area contributed by atoms with E-state index < -0.39 is 12.3 Å². The smallest absolute Gasteiger partial charge is 0.338 e. The Morgan fingerprint density at radius 1 is 1.09 bits per heavy atom. The number of pyridine rings is 1. The number of nitrogen functional groups attached to an aromatic ring is 1. The van der Waals surface area contributed by atoms with Crippen molar-refractivity contribution < 1.29 is 24.5 Å². The van der Waals surface area contributed by atoms with Gasteiger partial charge in [0.2, 0.25) is 0 Å². The summed E-state index contributed by atoms with van der Waals surface area (Å²) in [6.45, 7) is 2.04. The minimum Gasteiger partial charge on any atom is -0.478 e. The van der Waals surface area contributed by atoms with Crippen molar-refractivity contribution in [1.29, 1.82) is 0 Å². The second-order valence-corrected chi connectivity index (χ2v) is 8.97. The Hall–Kier alpha value is -2.91. The minimum absolute atomic E-state index is 0.0215. The lowest BCUT2D eigenvalue weighted by atomic mass is 9.91. The molecule has 0 saturated carbocycles. The number of hydrogen-bond acceptors (Lipinski definition) is 7. The third-order valence-electron chi connectivity index (χ3n) is 5.69. The molecule has 2 heterocycles. The molecule has 3 aromatic rings. The summed E-state index contributed by atoms with van der Waals surface area (Å²) >= 11 is 1.36. The number of aliphatic hydroxyl groups excluding tert-OH is 1. The van der Waals surface area contributed by atoms with Crippen LogP contribution >= 0.6 is 11.8 Å². The number of aliphatic hydroxyl groups is 1. The molecule has 1 aliphatic heterocycles. The van der Waals surface area contributed by atoms with Crippen LogP contribution in [0.4, 0.5) is 5.69 Å². The van der Waals surface area contributed by atoms with E-state index in [9.17, 15) is 15.0 Å². The second-order valence-electron chi connectivity index (χ2n) is 7.96. The molecular formula is C25H26N2O5S. The predicted octanol–water partition coefficient (Wildman–Crippen LogP) is 4.44. The summed E-state index contributed by atoms with van der Waals surface area (Å²) in [7, 11) is 0. The van der Waals surface area contributed by atoms with Crippen LogP contribution in [0.15, 0.2) is 71.9 Å². The number of carboxylic acids is 1. The number of thioether (sulfide) groups is 1. The molecule has 4 rings (SSSR count). The van der Waals surface area contributed by atoms with Gasteiger partial charge in [-0.05, 0) is 35.4 Å². The zero-order valence-corrected chi connectivity index (χ0v) is 18.9. The Kier molecular flexibility index (Phi) is 7.29. The van der Waals surface area contributed by atoms with E-state index in [0.29, 0.717) is 16.5 Å². The van der Waals surface area contributed by atoms with Crippen LogP contribution in [-0.2, 0) is 16.1 Å². The van der Waals surface area contributed by atoms with Gasteiger partial charge in [0.15, 0.2) is 6.29 Å². The summed E-state index contributed by atoms with van der Waals surface area (Å²) in [6, 6.07) is 18.3. The fourth-order valence-corrected chi connectivity index (χ4v) is 5.00. The Morgan fingerprint density at radius 2 is 1.88 bits per heavy atom. The maximum absolute atomic E-state index is 11.6. The fraction of sp³-hybridized carbons (Fsp3) is 0.280. The summed E-state index contributed by atoms with van der Waals surface area (Å²) in [4.78, 5) is 15.8. The third-order valence-corrected chi connectivity index (χ3v) is 6.79. The van der Waals surface area contributed by atoms with Crippen LogP contribution in [0.25, 0.3) is 0 Å². The molecule has 1 aliphatic rings.